The molecule has 2 aromatic carbocycles. The van der Waals surface area contributed by atoms with Gasteiger partial charge in [-0.2, -0.15) is 18.3 Å². The number of halogens is 3. The number of aromatic amines is 1. The summed E-state index contributed by atoms with van der Waals surface area (Å²) in [6.45, 7) is 0. The lowest BCUT2D eigenvalue weighted by atomic mass is 9.89. The summed E-state index contributed by atoms with van der Waals surface area (Å²) in [4.78, 5) is 0. The first kappa shape index (κ1) is 15.7. The first-order valence-corrected chi connectivity index (χ1v) is 7.48. The van der Waals surface area contributed by atoms with Crippen LogP contribution < -0.4 is 4.74 Å². The zero-order valence-electron chi connectivity index (χ0n) is 13.1. The maximum atomic E-state index is 13.9. The van der Waals surface area contributed by atoms with Gasteiger partial charge in [0.15, 0.2) is 0 Å². The molecule has 1 aliphatic rings. The fraction of sp³-hybridized carbons (Fsp3) is 0.167. The Morgan fingerprint density at radius 3 is 2.52 bits per heavy atom. The second-order valence-electron chi connectivity index (χ2n) is 5.84. The second kappa shape index (κ2) is 5.10. The molecule has 1 heterocycles. The molecule has 2 N–H and O–H groups in total. The van der Waals surface area contributed by atoms with Gasteiger partial charge in [0.05, 0.1) is 13.3 Å². The van der Waals surface area contributed by atoms with Gasteiger partial charge >= 0.3 is 6.18 Å². The van der Waals surface area contributed by atoms with E-state index >= 15 is 0 Å². The summed E-state index contributed by atoms with van der Waals surface area (Å²) in [5.41, 5.74) is -1.72. The molecular formula is C18H13F3N2O2. The van der Waals surface area contributed by atoms with Crippen LogP contribution in [0.1, 0.15) is 11.1 Å². The highest BCUT2D eigenvalue weighted by molar-refractivity contribution is 5.93. The molecule has 1 unspecified atom stereocenters. The molecule has 1 aliphatic carbocycles. The molecule has 0 aliphatic heterocycles. The van der Waals surface area contributed by atoms with Gasteiger partial charge in [-0.05, 0) is 28.8 Å². The predicted octanol–water partition coefficient (Wildman–Crippen LogP) is 3.86. The molecular weight excluding hydrogens is 333 g/mol. The maximum absolute atomic E-state index is 13.9. The summed E-state index contributed by atoms with van der Waals surface area (Å²) in [6.07, 6.45) is -1.78. The summed E-state index contributed by atoms with van der Waals surface area (Å²) in [7, 11) is 1.37. The quantitative estimate of drug-likeness (QED) is 0.741. The van der Waals surface area contributed by atoms with Crippen molar-refractivity contribution in [3.8, 4) is 28.0 Å². The van der Waals surface area contributed by atoms with Crippen molar-refractivity contribution >= 4 is 0 Å². The molecule has 1 atom stereocenters. The average molecular weight is 346 g/mol. The Kier molecular flexibility index (Phi) is 3.20. The number of alkyl halides is 3. The minimum atomic E-state index is -4.88. The predicted molar refractivity (Wildman–Crippen MR) is 85.1 cm³/mol. The fourth-order valence-corrected chi connectivity index (χ4v) is 3.40. The number of aliphatic hydroxyl groups is 1. The van der Waals surface area contributed by atoms with Crippen LogP contribution in [0.5, 0.6) is 5.75 Å². The van der Waals surface area contributed by atoms with Crippen molar-refractivity contribution in [2.75, 3.05) is 7.11 Å². The van der Waals surface area contributed by atoms with Crippen LogP contribution in [-0.2, 0) is 5.60 Å². The summed E-state index contributed by atoms with van der Waals surface area (Å²) in [5.74, 6) is 0.227. The van der Waals surface area contributed by atoms with Gasteiger partial charge in [-0.3, -0.25) is 5.10 Å². The number of aromatic nitrogens is 2. The van der Waals surface area contributed by atoms with Crippen molar-refractivity contribution in [2.45, 2.75) is 11.8 Å². The molecule has 0 bridgehead atoms. The van der Waals surface area contributed by atoms with Crippen molar-refractivity contribution in [1.82, 2.24) is 10.2 Å². The largest absolute Gasteiger partial charge is 0.497 e. The molecule has 25 heavy (non-hydrogen) atoms. The number of H-pyrrole nitrogens is 1. The van der Waals surface area contributed by atoms with Crippen molar-refractivity contribution < 1.29 is 23.0 Å². The third-order valence-electron chi connectivity index (χ3n) is 4.54. The van der Waals surface area contributed by atoms with Crippen molar-refractivity contribution in [3.05, 3.63) is 59.9 Å². The lowest BCUT2D eigenvalue weighted by Gasteiger charge is -2.28. The van der Waals surface area contributed by atoms with Gasteiger partial charge in [-0.1, -0.05) is 24.3 Å². The smallest absolute Gasteiger partial charge is 0.425 e. The van der Waals surface area contributed by atoms with E-state index in [4.69, 9.17) is 4.74 Å². The third kappa shape index (κ3) is 2.02. The van der Waals surface area contributed by atoms with Gasteiger partial charge in [0.2, 0.25) is 5.60 Å². The number of nitrogens with zero attached hydrogens (tertiary/aromatic N) is 1. The van der Waals surface area contributed by atoms with Crippen molar-refractivity contribution in [2.24, 2.45) is 0 Å². The summed E-state index contributed by atoms with van der Waals surface area (Å²) in [6, 6.07) is 8.89. The van der Waals surface area contributed by atoms with E-state index in [9.17, 15) is 18.3 Å². The Morgan fingerprint density at radius 2 is 1.88 bits per heavy atom. The number of fused-ring (bicyclic) bond motifs is 3. The zero-order valence-corrected chi connectivity index (χ0v) is 13.1. The topological polar surface area (TPSA) is 58.1 Å². The number of rotatable bonds is 2. The SMILES string of the molecule is COc1cc(-c2cn[nH]c2)c2c(c1)C(O)(C(F)(F)F)c1ccccc1-2. The molecule has 0 amide bonds. The van der Waals surface area contributed by atoms with Crippen LogP contribution in [0.3, 0.4) is 0 Å². The Balaban J connectivity index is 2.15. The monoisotopic (exact) mass is 346 g/mol. The Morgan fingerprint density at radius 1 is 1.12 bits per heavy atom. The van der Waals surface area contributed by atoms with Crippen LogP contribution in [0.4, 0.5) is 13.2 Å². The van der Waals surface area contributed by atoms with E-state index in [1.165, 1.54) is 31.5 Å². The number of methoxy groups -OCH3 is 1. The van der Waals surface area contributed by atoms with Crippen LogP contribution >= 0.6 is 0 Å². The van der Waals surface area contributed by atoms with Crippen LogP contribution in [0, 0.1) is 0 Å². The Labute approximate surface area is 140 Å². The molecule has 0 saturated carbocycles. The van der Waals surface area contributed by atoms with E-state index in [0.717, 1.165) is 0 Å². The van der Waals surface area contributed by atoms with E-state index in [1.807, 2.05) is 0 Å². The fourth-order valence-electron chi connectivity index (χ4n) is 3.40. The minimum absolute atomic E-state index is 0.185. The van der Waals surface area contributed by atoms with Crippen LogP contribution in [0.25, 0.3) is 22.3 Å². The Bertz CT molecular complexity index is 951. The van der Waals surface area contributed by atoms with Crippen LogP contribution in [0.2, 0.25) is 0 Å². The standard InChI is InChI=1S/C18H13F3N2O2/c1-25-11-6-13(10-8-22-23-9-10)16-12-4-2-3-5-14(12)17(24,15(16)7-11)18(19,20)21/h2-9,24H,1H3,(H,22,23). The molecule has 1 aromatic heterocycles. The van der Waals surface area contributed by atoms with Crippen molar-refractivity contribution in [3.63, 3.8) is 0 Å². The second-order valence-corrected chi connectivity index (χ2v) is 5.84. The van der Waals surface area contributed by atoms with Crippen molar-refractivity contribution in [1.29, 1.82) is 0 Å². The summed E-state index contributed by atoms with van der Waals surface area (Å²) < 4.78 is 46.9. The highest BCUT2D eigenvalue weighted by atomic mass is 19.4. The highest BCUT2D eigenvalue weighted by Crippen LogP contribution is 2.57. The number of hydrogen-bond acceptors (Lipinski definition) is 3. The average Bonchev–Trinajstić information content (AvgIpc) is 3.21. The maximum Gasteiger partial charge on any atom is 0.425 e. The summed E-state index contributed by atoms with van der Waals surface area (Å²) in [5, 5.41) is 17.3. The lowest BCUT2D eigenvalue weighted by molar-refractivity contribution is -0.246. The molecule has 4 rings (SSSR count). The van der Waals surface area contributed by atoms with Gasteiger partial charge in [-0.25, -0.2) is 0 Å². The van der Waals surface area contributed by atoms with Crippen LogP contribution in [-0.4, -0.2) is 28.6 Å². The minimum Gasteiger partial charge on any atom is -0.497 e. The Hall–Kier alpha value is -2.80. The molecule has 4 nitrogen and oxygen atoms in total. The third-order valence-corrected chi connectivity index (χ3v) is 4.54. The zero-order chi connectivity index (χ0) is 17.8. The molecule has 7 heteroatoms. The number of nitrogens with one attached hydrogen (secondary N) is 1. The molecule has 0 saturated heterocycles. The molecule has 0 radical (unpaired) electrons. The van der Waals surface area contributed by atoms with E-state index in [0.29, 0.717) is 22.3 Å². The number of hydrogen-bond donors (Lipinski definition) is 2. The van der Waals surface area contributed by atoms with E-state index < -0.39 is 11.8 Å². The number of ether oxygens (including phenoxy) is 1. The van der Waals surface area contributed by atoms with E-state index in [-0.39, 0.29) is 16.9 Å². The van der Waals surface area contributed by atoms with Gasteiger partial charge in [-0.15, -0.1) is 0 Å². The summed E-state index contributed by atoms with van der Waals surface area (Å²) >= 11 is 0. The highest BCUT2D eigenvalue weighted by Gasteiger charge is 2.61. The first-order chi connectivity index (χ1) is 11.9. The van der Waals surface area contributed by atoms with Gasteiger partial charge in [0.1, 0.15) is 5.75 Å². The lowest BCUT2D eigenvalue weighted by Crippen LogP contribution is -2.41. The first-order valence-electron chi connectivity index (χ1n) is 7.48. The number of benzene rings is 2. The molecule has 0 fully saturated rings. The van der Waals surface area contributed by atoms with Gasteiger partial charge < -0.3 is 9.84 Å². The normalized spacial score (nSPS) is 18.8. The van der Waals surface area contributed by atoms with E-state index in [2.05, 4.69) is 10.2 Å². The molecule has 0 spiro atoms. The molecule has 128 valence electrons. The van der Waals surface area contributed by atoms with Crippen LogP contribution in [0.15, 0.2) is 48.8 Å². The van der Waals surface area contributed by atoms with Gasteiger partial charge in [0.25, 0.3) is 0 Å². The van der Waals surface area contributed by atoms with Gasteiger partial charge in [0, 0.05) is 22.9 Å². The van der Waals surface area contributed by atoms with E-state index in [1.54, 1.807) is 24.4 Å². The molecule has 3 aromatic rings.